The fourth-order valence-electron chi connectivity index (χ4n) is 2.33. The average Bonchev–Trinajstić information content (AvgIpc) is 2.70. The molecule has 0 aliphatic rings. The largest absolute Gasteiger partial charge is 0.394 e. The summed E-state index contributed by atoms with van der Waals surface area (Å²) in [5, 5.41) is 24.3. The molecule has 4 N–H and O–H groups in total. The lowest BCUT2D eigenvalue weighted by molar-refractivity contribution is 0.0878. The number of nitrogens with one attached hydrogen (secondary N) is 2. The summed E-state index contributed by atoms with van der Waals surface area (Å²) in [6, 6.07) is 8.94. The third kappa shape index (κ3) is 5.91. The van der Waals surface area contributed by atoms with Crippen LogP contribution in [-0.4, -0.2) is 57.3 Å². The number of amides is 2. The summed E-state index contributed by atoms with van der Waals surface area (Å²) in [7, 11) is 0. The van der Waals surface area contributed by atoms with Gasteiger partial charge in [-0.2, -0.15) is 0 Å². The van der Waals surface area contributed by atoms with Crippen LogP contribution in [0.3, 0.4) is 0 Å². The van der Waals surface area contributed by atoms with Crippen LogP contribution in [0.2, 0.25) is 0 Å². The number of carbonyl (C=O) groups is 2. The van der Waals surface area contributed by atoms with Crippen molar-refractivity contribution in [2.24, 2.45) is 0 Å². The molecule has 0 saturated heterocycles. The lowest BCUT2D eigenvalue weighted by atomic mass is 10.1. The zero-order chi connectivity index (χ0) is 18.8. The maximum absolute atomic E-state index is 12.1. The third-order valence-electron chi connectivity index (χ3n) is 3.77. The summed E-state index contributed by atoms with van der Waals surface area (Å²) < 4.78 is 0. The molecule has 2 aromatic rings. The summed E-state index contributed by atoms with van der Waals surface area (Å²) in [6.45, 7) is -0.518. The van der Waals surface area contributed by atoms with Gasteiger partial charge in [0.1, 0.15) is 11.4 Å². The minimum Gasteiger partial charge on any atom is -0.394 e. The first-order valence-electron chi connectivity index (χ1n) is 8.29. The van der Waals surface area contributed by atoms with Crippen LogP contribution in [0.4, 0.5) is 0 Å². The Balaban J connectivity index is 1.85. The van der Waals surface area contributed by atoms with Gasteiger partial charge in [0, 0.05) is 12.4 Å². The van der Waals surface area contributed by atoms with Crippen molar-refractivity contribution in [3.63, 3.8) is 0 Å². The molecule has 2 atom stereocenters. The van der Waals surface area contributed by atoms with E-state index < -0.39 is 12.1 Å². The predicted molar refractivity (Wildman–Crippen MR) is 94.4 cm³/mol. The number of hydrogen-bond acceptors (Lipinski definition) is 6. The Morgan fingerprint density at radius 2 is 1.23 bits per heavy atom. The van der Waals surface area contributed by atoms with Crippen molar-refractivity contribution in [1.82, 2.24) is 20.6 Å². The van der Waals surface area contributed by atoms with E-state index in [4.69, 9.17) is 0 Å². The van der Waals surface area contributed by atoms with Gasteiger partial charge < -0.3 is 20.8 Å². The Morgan fingerprint density at radius 3 is 1.54 bits per heavy atom. The van der Waals surface area contributed by atoms with Crippen LogP contribution in [0.5, 0.6) is 0 Å². The average molecular weight is 358 g/mol. The number of rotatable bonds is 9. The third-order valence-corrected chi connectivity index (χ3v) is 3.77. The molecule has 0 aliphatic carbocycles. The summed E-state index contributed by atoms with van der Waals surface area (Å²) in [6.07, 6.45) is 3.78. The number of aromatic nitrogens is 2. The first-order valence-corrected chi connectivity index (χ1v) is 8.29. The van der Waals surface area contributed by atoms with Crippen LogP contribution in [-0.2, 0) is 0 Å². The van der Waals surface area contributed by atoms with Gasteiger partial charge in [-0.15, -0.1) is 0 Å². The van der Waals surface area contributed by atoms with Crippen LogP contribution >= 0.6 is 0 Å². The van der Waals surface area contributed by atoms with E-state index in [-0.39, 0.29) is 36.4 Å². The Morgan fingerprint density at radius 1 is 0.808 bits per heavy atom. The zero-order valence-electron chi connectivity index (χ0n) is 14.2. The minimum absolute atomic E-state index is 0.258. The van der Waals surface area contributed by atoms with E-state index >= 15 is 0 Å². The number of nitrogens with zero attached hydrogens (tertiary/aromatic N) is 2. The van der Waals surface area contributed by atoms with Crippen molar-refractivity contribution in [2.45, 2.75) is 24.9 Å². The van der Waals surface area contributed by atoms with Gasteiger partial charge in [0.05, 0.1) is 25.3 Å². The highest BCUT2D eigenvalue weighted by Gasteiger charge is 2.18. The SMILES string of the molecule is O=C(N[C@@H](CO)CC[C@H](CO)NC(=O)c1ccccn1)c1ccccn1. The maximum atomic E-state index is 12.1. The lowest BCUT2D eigenvalue weighted by Gasteiger charge is -2.20. The number of hydrogen-bond donors (Lipinski definition) is 4. The normalized spacial score (nSPS) is 12.8. The quantitative estimate of drug-likeness (QED) is 0.505. The summed E-state index contributed by atoms with van der Waals surface area (Å²) in [4.78, 5) is 32.1. The Hall–Kier alpha value is -2.84. The summed E-state index contributed by atoms with van der Waals surface area (Å²) >= 11 is 0. The van der Waals surface area contributed by atoms with Crippen LogP contribution < -0.4 is 10.6 Å². The Bertz CT molecular complexity index is 635. The van der Waals surface area contributed by atoms with E-state index in [1.807, 2.05) is 0 Å². The molecule has 2 heterocycles. The molecule has 0 saturated carbocycles. The monoisotopic (exact) mass is 358 g/mol. The molecule has 0 fully saturated rings. The smallest absolute Gasteiger partial charge is 0.270 e. The molecule has 8 nitrogen and oxygen atoms in total. The molecule has 0 bridgehead atoms. The van der Waals surface area contributed by atoms with Crippen molar-refractivity contribution in [3.8, 4) is 0 Å². The van der Waals surface area contributed by atoms with E-state index in [0.29, 0.717) is 12.8 Å². The highest BCUT2D eigenvalue weighted by atomic mass is 16.3. The molecule has 26 heavy (non-hydrogen) atoms. The van der Waals surface area contributed by atoms with Crippen LogP contribution in [0.15, 0.2) is 48.8 Å². The van der Waals surface area contributed by atoms with Crippen molar-refractivity contribution in [2.75, 3.05) is 13.2 Å². The molecule has 2 rings (SSSR count). The van der Waals surface area contributed by atoms with Crippen LogP contribution in [0, 0.1) is 0 Å². The van der Waals surface area contributed by atoms with E-state index in [2.05, 4.69) is 20.6 Å². The molecule has 0 radical (unpaired) electrons. The highest BCUT2D eigenvalue weighted by Crippen LogP contribution is 2.05. The first kappa shape index (κ1) is 19.5. The van der Waals surface area contributed by atoms with E-state index in [9.17, 15) is 19.8 Å². The van der Waals surface area contributed by atoms with Gasteiger partial charge >= 0.3 is 0 Å². The predicted octanol–water partition coefficient (Wildman–Crippen LogP) is 0.138. The highest BCUT2D eigenvalue weighted by molar-refractivity contribution is 5.92. The first-order chi connectivity index (χ1) is 12.6. The van der Waals surface area contributed by atoms with Gasteiger partial charge in [-0.05, 0) is 37.1 Å². The number of aliphatic hydroxyl groups excluding tert-OH is 2. The second-order valence-electron chi connectivity index (χ2n) is 5.71. The fraction of sp³-hybridized carbons (Fsp3) is 0.333. The standard InChI is InChI=1S/C18H22N4O4/c23-11-13(21-17(25)15-5-1-3-9-19-15)7-8-14(12-24)22-18(26)16-6-2-4-10-20-16/h1-6,9-10,13-14,23-24H,7-8,11-12H2,(H,21,25)(H,22,26)/t13-,14-/m1/s1. The molecule has 8 heteroatoms. The molecule has 2 amide bonds. The van der Waals surface area contributed by atoms with Gasteiger partial charge in [0.15, 0.2) is 0 Å². The molecule has 0 unspecified atom stereocenters. The molecular formula is C18H22N4O4. The van der Waals surface area contributed by atoms with Crippen molar-refractivity contribution < 1.29 is 19.8 Å². The topological polar surface area (TPSA) is 124 Å². The van der Waals surface area contributed by atoms with E-state index in [1.165, 1.54) is 12.4 Å². The second-order valence-corrected chi connectivity index (χ2v) is 5.71. The molecular weight excluding hydrogens is 336 g/mol. The van der Waals surface area contributed by atoms with E-state index in [1.54, 1.807) is 36.4 Å². The summed E-state index contributed by atoms with van der Waals surface area (Å²) in [5.41, 5.74) is 0.515. The molecule has 0 aromatic carbocycles. The fourth-order valence-corrected chi connectivity index (χ4v) is 2.33. The Kier molecular flexibility index (Phi) is 7.66. The number of carbonyl (C=O) groups excluding carboxylic acids is 2. The minimum atomic E-state index is -0.509. The van der Waals surface area contributed by atoms with Gasteiger partial charge in [0.25, 0.3) is 11.8 Å². The van der Waals surface area contributed by atoms with Crippen LogP contribution in [0.25, 0.3) is 0 Å². The number of pyridine rings is 2. The van der Waals surface area contributed by atoms with Gasteiger partial charge in [-0.1, -0.05) is 12.1 Å². The van der Waals surface area contributed by atoms with Crippen molar-refractivity contribution in [3.05, 3.63) is 60.2 Å². The zero-order valence-corrected chi connectivity index (χ0v) is 14.2. The maximum Gasteiger partial charge on any atom is 0.270 e. The summed E-state index contributed by atoms with van der Waals surface area (Å²) in [5.74, 6) is -0.773. The van der Waals surface area contributed by atoms with E-state index in [0.717, 1.165) is 0 Å². The lowest BCUT2D eigenvalue weighted by Crippen LogP contribution is -2.42. The van der Waals surface area contributed by atoms with Crippen molar-refractivity contribution in [1.29, 1.82) is 0 Å². The Labute approximate surface area is 151 Å². The second kappa shape index (κ2) is 10.2. The van der Waals surface area contributed by atoms with Gasteiger partial charge in [-0.3, -0.25) is 19.6 Å². The molecule has 138 valence electrons. The molecule has 2 aromatic heterocycles. The van der Waals surface area contributed by atoms with Crippen LogP contribution in [0.1, 0.15) is 33.8 Å². The van der Waals surface area contributed by atoms with Crippen molar-refractivity contribution >= 4 is 11.8 Å². The number of aliphatic hydroxyl groups is 2. The van der Waals surface area contributed by atoms with Gasteiger partial charge in [0.2, 0.25) is 0 Å². The van der Waals surface area contributed by atoms with Gasteiger partial charge in [-0.25, -0.2) is 0 Å². The molecule has 0 aliphatic heterocycles. The molecule has 0 spiro atoms.